The van der Waals surface area contributed by atoms with E-state index in [0.29, 0.717) is 25.0 Å². The number of methoxy groups -OCH3 is 1. The van der Waals surface area contributed by atoms with E-state index in [4.69, 9.17) is 4.74 Å². The number of hydrogen-bond acceptors (Lipinski definition) is 5. The van der Waals surface area contributed by atoms with Crippen LogP contribution in [-0.4, -0.2) is 90.5 Å². The third-order valence-electron chi connectivity index (χ3n) is 7.16. The van der Waals surface area contributed by atoms with Gasteiger partial charge in [0.15, 0.2) is 0 Å². The van der Waals surface area contributed by atoms with Gasteiger partial charge in [0.1, 0.15) is 11.9 Å². The Kier molecular flexibility index (Phi) is 6.90. The minimum atomic E-state index is -0.837. The standard InChI is InChI=1S/C24H32FN5O4/c1-13(26-3)23(32)28-20(12-34-4)24(33)29-8-7-21-22(29)18(11-30(21)14(2)31)17-10-27-19-9-15(25)5-6-16(17)19/h5-6,9-10,13,18,20-22,26-27H,7-8,11-12H2,1-4H3,(H,28,32). The van der Waals surface area contributed by atoms with Gasteiger partial charge < -0.3 is 30.2 Å². The molecule has 3 N–H and O–H groups in total. The van der Waals surface area contributed by atoms with E-state index in [1.54, 1.807) is 31.9 Å². The van der Waals surface area contributed by atoms with E-state index in [9.17, 15) is 18.8 Å². The number of H-pyrrole nitrogens is 1. The highest BCUT2D eigenvalue weighted by atomic mass is 19.1. The molecule has 2 saturated heterocycles. The fourth-order valence-corrected chi connectivity index (χ4v) is 5.38. The number of amides is 3. The van der Waals surface area contributed by atoms with Crippen molar-refractivity contribution in [3.05, 3.63) is 35.8 Å². The molecule has 0 saturated carbocycles. The summed E-state index contributed by atoms with van der Waals surface area (Å²) in [5, 5.41) is 6.54. The van der Waals surface area contributed by atoms with Gasteiger partial charge in [-0.2, -0.15) is 0 Å². The van der Waals surface area contributed by atoms with Crippen LogP contribution in [0.1, 0.15) is 31.7 Å². The number of nitrogens with zero attached hydrogens (tertiary/aromatic N) is 2. The predicted molar refractivity (Wildman–Crippen MR) is 125 cm³/mol. The molecule has 0 radical (unpaired) electrons. The molecule has 0 spiro atoms. The second-order valence-electron chi connectivity index (χ2n) is 9.12. The maximum Gasteiger partial charge on any atom is 0.247 e. The van der Waals surface area contributed by atoms with E-state index in [0.717, 1.165) is 10.9 Å². The van der Waals surface area contributed by atoms with E-state index in [1.165, 1.54) is 19.2 Å². The van der Waals surface area contributed by atoms with Gasteiger partial charge in [0.25, 0.3) is 0 Å². The van der Waals surface area contributed by atoms with Crippen molar-refractivity contribution in [1.29, 1.82) is 0 Å². The molecule has 0 bridgehead atoms. The average Bonchev–Trinajstić information content (AvgIpc) is 3.51. The molecule has 9 nitrogen and oxygen atoms in total. The van der Waals surface area contributed by atoms with Crippen LogP contribution in [0.2, 0.25) is 0 Å². The minimum absolute atomic E-state index is 0.0396. The first kappa shape index (κ1) is 24.2. The van der Waals surface area contributed by atoms with Gasteiger partial charge >= 0.3 is 0 Å². The Morgan fingerprint density at radius 3 is 2.74 bits per heavy atom. The van der Waals surface area contributed by atoms with E-state index in [-0.39, 0.29) is 48.1 Å². The molecule has 2 aliphatic rings. The van der Waals surface area contributed by atoms with Gasteiger partial charge in [-0.05, 0) is 44.2 Å². The van der Waals surface area contributed by atoms with Crippen molar-refractivity contribution in [1.82, 2.24) is 25.4 Å². The second kappa shape index (κ2) is 9.71. The normalized spacial score (nSPS) is 23.7. The third-order valence-corrected chi connectivity index (χ3v) is 7.16. The lowest BCUT2D eigenvalue weighted by atomic mass is 9.91. The van der Waals surface area contributed by atoms with Crippen molar-refractivity contribution in [2.45, 2.75) is 50.4 Å². The average molecular weight is 474 g/mol. The summed E-state index contributed by atoms with van der Waals surface area (Å²) in [4.78, 5) is 45.4. The van der Waals surface area contributed by atoms with Gasteiger partial charge in [0, 0.05) is 50.1 Å². The van der Waals surface area contributed by atoms with Crippen LogP contribution < -0.4 is 10.6 Å². The third kappa shape index (κ3) is 4.27. The quantitative estimate of drug-likeness (QED) is 0.556. The molecule has 34 heavy (non-hydrogen) atoms. The zero-order valence-corrected chi connectivity index (χ0v) is 19.9. The Morgan fingerprint density at radius 1 is 1.29 bits per heavy atom. The number of aromatic amines is 1. The zero-order chi connectivity index (χ0) is 24.6. The summed E-state index contributed by atoms with van der Waals surface area (Å²) < 4.78 is 19.0. The number of halogens is 1. The van der Waals surface area contributed by atoms with Crippen LogP contribution in [0.25, 0.3) is 10.9 Å². The molecule has 5 unspecified atom stereocenters. The lowest BCUT2D eigenvalue weighted by Gasteiger charge is -2.32. The molecule has 2 fully saturated rings. The molecule has 2 aliphatic heterocycles. The highest BCUT2D eigenvalue weighted by Gasteiger charge is 2.52. The summed E-state index contributed by atoms with van der Waals surface area (Å²) in [6.07, 6.45) is 2.50. The fraction of sp³-hybridized carbons (Fsp3) is 0.542. The Balaban J connectivity index is 1.66. The minimum Gasteiger partial charge on any atom is -0.382 e. The van der Waals surface area contributed by atoms with Crippen LogP contribution in [0.15, 0.2) is 24.4 Å². The number of likely N-dealkylation sites (N-methyl/N-ethyl adjacent to an activating group) is 1. The van der Waals surface area contributed by atoms with Crippen LogP contribution in [0, 0.1) is 5.82 Å². The van der Waals surface area contributed by atoms with Crippen molar-refractivity contribution >= 4 is 28.6 Å². The van der Waals surface area contributed by atoms with E-state index < -0.39 is 12.1 Å². The van der Waals surface area contributed by atoms with Crippen LogP contribution in [0.5, 0.6) is 0 Å². The lowest BCUT2D eigenvalue weighted by molar-refractivity contribution is -0.139. The van der Waals surface area contributed by atoms with Gasteiger partial charge in [-0.25, -0.2) is 4.39 Å². The summed E-state index contributed by atoms with van der Waals surface area (Å²) in [6.45, 7) is 4.25. The molecular formula is C24H32FN5O4. The van der Waals surface area contributed by atoms with Gasteiger partial charge in [0.2, 0.25) is 17.7 Å². The summed E-state index contributed by atoms with van der Waals surface area (Å²) >= 11 is 0. The number of hydrogen-bond donors (Lipinski definition) is 3. The number of carbonyl (C=O) groups is 3. The summed E-state index contributed by atoms with van der Waals surface area (Å²) in [6, 6.07) is 2.92. The van der Waals surface area contributed by atoms with Crippen molar-refractivity contribution in [2.75, 3.05) is 33.9 Å². The molecule has 0 aliphatic carbocycles. The second-order valence-corrected chi connectivity index (χ2v) is 9.12. The van der Waals surface area contributed by atoms with Crippen molar-refractivity contribution in [3.63, 3.8) is 0 Å². The Labute approximate surface area is 198 Å². The molecule has 10 heteroatoms. The largest absolute Gasteiger partial charge is 0.382 e. The highest BCUT2D eigenvalue weighted by Crippen LogP contribution is 2.43. The fourth-order valence-electron chi connectivity index (χ4n) is 5.38. The molecule has 3 amide bonds. The molecule has 2 aromatic rings. The van der Waals surface area contributed by atoms with Crippen LogP contribution in [-0.2, 0) is 19.1 Å². The molecule has 1 aromatic heterocycles. The summed E-state index contributed by atoms with van der Waals surface area (Å²) in [5.74, 6) is -1.04. The van der Waals surface area contributed by atoms with Gasteiger partial charge in [-0.15, -0.1) is 0 Å². The Bertz CT molecular complexity index is 1090. The summed E-state index contributed by atoms with van der Waals surface area (Å²) in [5.41, 5.74) is 1.62. The molecule has 1 aromatic carbocycles. The lowest BCUT2D eigenvalue weighted by Crippen LogP contribution is -2.56. The molecule has 4 rings (SSSR count). The van der Waals surface area contributed by atoms with Crippen LogP contribution in [0.3, 0.4) is 0 Å². The van der Waals surface area contributed by atoms with Crippen molar-refractivity contribution < 1.29 is 23.5 Å². The number of carbonyl (C=O) groups excluding carboxylic acids is 3. The maximum absolute atomic E-state index is 13.7. The molecule has 184 valence electrons. The Hall–Kier alpha value is -2.98. The first-order valence-electron chi connectivity index (χ1n) is 11.6. The van der Waals surface area contributed by atoms with Crippen LogP contribution >= 0.6 is 0 Å². The first-order chi connectivity index (χ1) is 16.3. The number of aromatic nitrogens is 1. The predicted octanol–water partition coefficient (Wildman–Crippen LogP) is 0.961. The Morgan fingerprint density at radius 2 is 2.06 bits per heavy atom. The van der Waals surface area contributed by atoms with E-state index in [2.05, 4.69) is 15.6 Å². The topological polar surface area (TPSA) is 107 Å². The molecule has 3 heterocycles. The molecule has 5 atom stereocenters. The SMILES string of the molecule is CNC(C)C(=O)NC(COC)C(=O)N1CCC2C1C(c1c[nH]c3cc(F)ccc13)CN2C(C)=O. The zero-order valence-electron chi connectivity index (χ0n) is 19.9. The van der Waals surface area contributed by atoms with Crippen molar-refractivity contribution in [2.24, 2.45) is 0 Å². The van der Waals surface area contributed by atoms with Gasteiger partial charge in [-0.1, -0.05) is 0 Å². The van der Waals surface area contributed by atoms with E-state index in [1.807, 2.05) is 11.1 Å². The number of nitrogens with one attached hydrogen (secondary N) is 3. The monoisotopic (exact) mass is 473 g/mol. The number of ether oxygens (including phenoxy) is 1. The number of fused-ring (bicyclic) bond motifs is 2. The smallest absolute Gasteiger partial charge is 0.247 e. The molecular weight excluding hydrogens is 441 g/mol. The number of benzene rings is 1. The first-order valence-corrected chi connectivity index (χ1v) is 11.6. The summed E-state index contributed by atoms with van der Waals surface area (Å²) in [7, 11) is 3.16. The van der Waals surface area contributed by atoms with Gasteiger partial charge in [-0.3, -0.25) is 14.4 Å². The number of rotatable bonds is 7. The highest BCUT2D eigenvalue weighted by molar-refractivity contribution is 5.91. The van der Waals surface area contributed by atoms with Gasteiger partial charge in [0.05, 0.1) is 24.7 Å². The van der Waals surface area contributed by atoms with Crippen LogP contribution in [0.4, 0.5) is 4.39 Å². The number of likely N-dealkylation sites (tertiary alicyclic amines) is 2. The van der Waals surface area contributed by atoms with E-state index >= 15 is 0 Å². The van der Waals surface area contributed by atoms with Crippen molar-refractivity contribution in [3.8, 4) is 0 Å². The maximum atomic E-state index is 13.7.